The molecule has 3 amide bonds. The predicted octanol–water partition coefficient (Wildman–Crippen LogP) is 2.51. The molecule has 18 nitrogen and oxygen atoms in total. The molecule has 6 N–H and O–H groups in total. The number of hydrogen-bond donors (Lipinski definition) is 6. The second-order valence-corrected chi connectivity index (χ2v) is 17.6. The maximum absolute atomic E-state index is 14.9. The number of likely N-dealkylation sites (N-methyl/N-ethyl adjacent to an activating group) is 1. The van der Waals surface area contributed by atoms with E-state index >= 15 is 0 Å². The van der Waals surface area contributed by atoms with Crippen molar-refractivity contribution < 1.29 is 61.5 Å². The Balaban J connectivity index is 1.91. The van der Waals surface area contributed by atoms with E-state index in [4.69, 9.17) is 0 Å². The van der Waals surface area contributed by atoms with Gasteiger partial charge in [-0.1, -0.05) is 6.08 Å². The summed E-state index contributed by atoms with van der Waals surface area (Å²) in [4.78, 5) is 22.4. The van der Waals surface area contributed by atoms with Gasteiger partial charge in [0.15, 0.2) is 5.69 Å². The fraction of sp³-hybridized carbons (Fsp3) is 0.143. The minimum Gasteiger partial charge on any atom is -0.343 e. The molecule has 7 bridgehead atoms. The van der Waals surface area contributed by atoms with E-state index in [9.17, 15) is 61.5 Å². The lowest BCUT2D eigenvalue weighted by Crippen LogP contribution is -2.70. The van der Waals surface area contributed by atoms with Crippen molar-refractivity contribution in [1.82, 2.24) is 9.05 Å². The summed E-state index contributed by atoms with van der Waals surface area (Å²) in [6.07, 6.45) is 2.38. The largest absolute Gasteiger partial charge is 0.368 e. The lowest BCUT2D eigenvalue weighted by atomic mass is 9.89. The van der Waals surface area contributed by atoms with Crippen molar-refractivity contribution in [3.8, 4) is 0 Å². The zero-order chi connectivity index (χ0) is 37.0. The highest BCUT2D eigenvalue weighted by Crippen LogP contribution is 2.49. The molecule has 0 spiro atoms. The van der Waals surface area contributed by atoms with Crippen molar-refractivity contribution in [1.29, 1.82) is 0 Å². The van der Waals surface area contributed by atoms with E-state index in [1.54, 1.807) is 0 Å². The summed E-state index contributed by atoms with van der Waals surface area (Å²) in [5.41, 5.74) is -2.35. The summed E-state index contributed by atoms with van der Waals surface area (Å²) < 4.78 is 144. The smallest absolute Gasteiger partial charge is 0.343 e. The van der Waals surface area contributed by atoms with Crippen LogP contribution in [-0.4, -0.2) is 80.3 Å². The maximum atomic E-state index is 14.9. The molecule has 3 aromatic carbocycles. The number of nitrogens with one attached hydrogen (secondary N) is 2. The van der Waals surface area contributed by atoms with Gasteiger partial charge in [-0.3, -0.25) is 18.2 Å². The van der Waals surface area contributed by atoms with E-state index in [1.165, 1.54) is 29.9 Å². The van der Waals surface area contributed by atoms with Crippen LogP contribution in [0.5, 0.6) is 0 Å². The SMILES string of the molecule is Cn1cccc1C(=O)[N+]1(C)c2cc(S(=O)(=O)O)cc3cc(c(S(=O)(=O)O)cc23)NC(=O)Nc2cc3c(cc2S(=O)(=O)O)C=CC1(S(=O)(=O)O)C3. The standard InChI is InChI=1S/C28H24N4O14S4/c1-31-7-3-4-22(31)26(33)32(2)23-12-18(47(35,36)37)8-16-9-20(25(13-19(16)23)49(41,42)43)29-27(34)30-21-10-17-14-28(32,50(44,45)46)6-5-15(17)11-24(21)48(38,39)40/h3-13H,14H2,1-2H3,(H5-,29,30,34,35,36,37,38,39,40,41,42,43,44,45,46)/p+1. The first-order valence-corrected chi connectivity index (χ1v) is 19.6. The summed E-state index contributed by atoms with van der Waals surface area (Å²) in [6, 6.07) is 6.20. The minimum absolute atomic E-state index is 0.0401. The molecule has 1 aliphatic carbocycles. The van der Waals surface area contributed by atoms with Crippen LogP contribution in [0.25, 0.3) is 16.8 Å². The normalized spacial score (nSPS) is 20.9. The molecule has 264 valence electrons. The summed E-state index contributed by atoms with van der Waals surface area (Å²) in [6.45, 7) is 0. The highest BCUT2D eigenvalue weighted by molar-refractivity contribution is 7.87. The number of quaternary nitrogens is 1. The second-order valence-electron chi connectivity index (χ2n) is 11.7. The first kappa shape index (κ1) is 35.3. The van der Waals surface area contributed by atoms with E-state index < -0.39 is 99.9 Å². The monoisotopic (exact) mass is 769 g/mol. The third-order valence-corrected chi connectivity index (χ3v) is 13.0. The van der Waals surface area contributed by atoms with Gasteiger partial charge in [0, 0.05) is 24.7 Å². The average molecular weight is 770 g/mol. The minimum atomic E-state index is -5.60. The Kier molecular flexibility index (Phi) is 7.76. The molecule has 2 aliphatic heterocycles. The summed E-state index contributed by atoms with van der Waals surface area (Å²) in [5, 5.41) is 3.51. The zero-order valence-corrected chi connectivity index (χ0v) is 28.7. The number of carbonyl (C=O) groups is 2. The number of nitrogens with zero attached hydrogens (tertiary/aromatic N) is 2. The van der Waals surface area contributed by atoms with Crippen LogP contribution in [0, 0.1) is 0 Å². The van der Waals surface area contributed by atoms with Crippen LogP contribution in [0.2, 0.25) is 0 Å². The average Bonchev–Trinajstić information content (AvgIpc) is 3.41. The highest BCUT2D eigenvalue weighted by atomic mass is 32.2. The Morgan fingerprint density at radius 1 is 0.840 bits per heavy atom. The molecule has 1 aromatic heterocycles. The molecule has 0 fully saturated rings. The van der Waals surface area contributed by atoms with E-state index in [0.717, 1.165) is 43.5 Å². The molecule has 3 heterocycles. The van der Waals surface area contributed by atoms with Crippen molar-refractivity contribution >= 4 is 86.3 Å². The molecule has 7 rings (SSSR count). The van der Waals surface area contributed by atoms with E-state index in [0.29, 0.717) is 12.1 Å². The number of aryl methyl sites for hydroxylation is 1. The van der Waals surface area contributed by atoms with Crippen molar-refractivity contribution in [3.05, 3.63) is 77.6 Å². The van der Waals surface area contributed by atoms with E-state index in [-0.39, 0.29) is 27.6 Å². The molecule has 0 saturated heterocycles. The lowest BCUT2D eigenvalue weighted by molar-refractivity contribution is 0.0719. The Hall–Kier alpha value is -4.52. The number of urea groups is 1. The molecule has 0 saturated carbocycles. The summed E-state index contributed by atoms with van der Waals surface area (Å²) in [5.74, 6) is -1.12. The third kappa shape index (κ3) is 5.41. The van der Waals surface area contributed by atoms with Crippen molar-refractivity contribution in [2.75, 3.05) is 17.7 Å². The molecule has 3 aliphatic rings. The molecule has 2 unspecified atom stereocenters. The van der Waals surface area contributed by atoms with Gasteiger partial charge in [-0.05, 0) is 65.1 Å². The van der Waals surface area contributed by atoms with Crippen molar-refractivity contribution in [3.63, 3.8) is 0 Å². The van der Waals surface area contributed by atoms with Gasteiger partial charge in [0.2, 0.25) is 0 Å². The molecular weight excluding hydrogens is 745 g/mol. The zero-order valence-electron chi connectivity index (χ0n) is 25.5. The third-order valence-electron chi connectivity index (χ3n) is 8.82. The van der Waals surface area contributed by atoms with Crippen LogP contribution >= 0.6 is 0 Å². The Labute approximate surface area is 284 Å². The first-order valence-electron chi connectivity index (χ1n) is 13.9. The number of anilines is 2. The summed E-state index contributed by atoms with van der Waals surface area (Å²) in [7, 11) is -18.8. The fourth-order valence-electron chi connectivity index (χ4n) is 6.38. The van der Waals surface area contributed by atoms with Gasteiger partial charge in [-0.25, -0.2) is 14.1 Å². The van der Waals surface area contributed by atoms with Gasteiger partial charge >= 0.3 is 22.1 Å². The lowest BCUT2D eigenvalue weighted by Gasteiger charge is -2.46. The van der Waals surface area contributed by atoms with E-state index in [1.807, 2.05) is 0 Å². The van der Waals surface area contributed by atoms with Crippen LogP contribution < -0.4 is 15.1 Å². The number of amides is 3. The molecule has 22 heteroatoms. The first-order chi connectivity index (χ1) is 22.9. The number of fused-ring (bicyclic) bond motifs is 3. The molecular formula is C28H25N4O14S4+. The van der Waals surface area contributed by atoms with Gasteiger partial charge in [-0.15, -0.1) is 0 Å². The number of benzene rings is 3. The Bertz CT molecular complexity index is 2700. The van der Waals surface area contributed by atoms with Gasteiger partial charge in [0.05, 0.1) is 24.8 Å². The van der Waals surface area contributed by atoms with Crippen LogP contribution in [-0.2, 0) is 53.9 Å². The van der Waals surface area contributed by atoms with Gasteiger partial charge < -0.3 is 15.2 Å². The topological polar surface area (TPSA) is 281 Å². The molecule has 0 radical (unpaired) electrons. The van der Waals surface area contributed by atoms with Crippen molar-refractivity contribution in [2.24, 2.45) is 7.05 Å². The van der Waals surface area contributed by atoms with E-state index in [2.05, 4.69) is 10.6 Å². The van der Waals surface area contributed by atoms with Gasteiger partial charge in [0.25, 0.3) is 35.2 Å². The van der Waals surface area contributed by atoms with Crippen LogP contribution in [0.3, 0.4) is 0 Å². The predicted molar refractivity (Wildman–Crippen MR) is 177 cm³/mol. The molecule has 2 atom stereocenters. The highest BCUT2D eigenvalue weighted by Gasteiger charge is 2.64. The maximum Gasteiger partial charge on any atom is 0.368 e. The number of aromatic nitrogens is 1. The Morgan fingerprint density at radius 2 is 1.44 bits per heavy atom. The Morgan fingerprint density at radius 3 is 1.98 bits per heavy atom. The number of carbonyl (C=O) groups excluding carboxylic acids is 2. The molecule has 4 aromatic rings. The quantitative estimate of drug-likeness (QED) is 0.126. The van der Waals surface area contributed by atoms with Gasteiger partial charge in [-0.2, -0.15) is 33.7 Å². The van der Waals surface area contributed by atoms with Crippen molar-refractivity contribution in [2.45, 2.75) is 26.0 Å². The number of hydrogen-bond acceptors (Lipinski definition) is 10. The fourth-order valence-corrected chi connectivity index (χ4v) is 9.45. The second kappa shape index (κ2) is 11.0. The number of rotatable bonds is 5. The van der Waals surface area contributed by atoms with Gasteiger partial charge in [0.1, 0.15) is 20.4 Å². The van der Waals surface area contributed by atoms with Crippen LogP contribution in [0.4, 0.5) is 21.9 Å². The van der Waals surface area contributed by atoms with Crippen LogP contribution in [0.1, 0.15) is 21.6 Å². The van der Waals surface area contributed by atoms with Crippen LogP contribution in [0.15, 0.2) is 75.5 Å². The molecule has 50 heavy (non-hydrogen) atoms. The summed E-state index contributed by atoms with van der Waals surface area (Å²) >= 11 is 0.